The third kappa shape index (κ3) is 6.22. The molecule has 2 aromatic carbocycles. The van der Waals surface area contributed by atoms with Gasteiger partial charge in [0.1, 0.15) is 11.7 Å². The van der Waals surface area contributed by atoms with Crippen LogP contribution in [0.4, 0.5) is 11.4 Å². The van der Waals surface area contributed by atoms with Gasteiger partial charge in [0, 0.05) is 35.9 Å². The third-order valence-corrected chi connectivity index (χ3v) is 6.16. The number of nitrogens with two attached hydrogens (primary N) is 1. The van der Waals surface area contributed by atoms with E-state index in [2.05, 4.69) is 41.0 Å². The molecule has 2 aromatic heterocycles. The van der Waals surface area contributed by atoms with Crippen molar-refractivity contribution in [2.24, 2.45) is 0 Å². The molecular weight excluding hydrogens is 464 g/mol. The van der Waals surface area contributed by atoms with E-state index < -0.39 is 6.04 Å². The molecule has 0 fully saturated rings. The van der Waals surface area contributed by atoms with Gasteiger partial charge in [0.05, 0.1) is 12.5 Å². The first kappa shape index (κ1) is 25.6. The van der Waals surface area contributed by atoms with Gasteiger partial charge in [0.15, 0.2) is 0 Å². The summed E-state index contributed by atoms with van der Waals surface area (Å²) in [7, 11) is 0. The predicted octanol–water partition coefficient (Wildman–Crippen LogP) is 4.43. The molecule has 0 bridgehead atoms. The quantitative estimate of drug-likeness (QED) is 0.312. The minimum absolute atomic E-state index is 0.0566. The lowest BCUT2D eigenvalue weighted by molar-refractivity contribution is -0.122. The van der Waals surface area contributed by atoms with Crippen LogP contribution in [0, 0.1) is 0 Å². The zero-order valence-corrected chi connectivity index (χ0v) is 21.3. The van der Waals surface area contributed by atoms with Crippen LogP contribution in [-0.4, -0.2) is 33.3 Å². The number of pyridine rings is 1. The van der Waals surface area contributed by atoms with Crippen LogP contribution >= 0.6 is 0 Å². The molecule has 0 saturated carbocycles. The highest BCUT2D eigenvalue weighted by molar-refractivity contribution is 6.09. The SMILES string of the molecule is CC(C)(C)c1ccc(N(C(=O)c2cnc[nH]2)C(C(=O)NCCc2ccc(N)cc2)c2cccnc2)cc1. The van der Waals surface area contributed by atoms with Gasteiger partial charge in [0.25, 0.3) is 5.91 Å². The summed E-state index contributed by atoms with van der Waals surface area (Å²) in [4.78, 5) is 40.1. The number of nitrogen functional groups attached to an aromatic ring is 1. The minimum Gasteiger partial charge on any atom is -0.399 e. The van der Waals surface area contributed by atoms with Crippen molar-refractivity contribution in [2.75, 3.05) is 17.2 Å². The Bertz CT molecular complexity index is 1310. The summed E-state index contributed by atoms with van der Waals surface area (Å²) in [6.45, 7) is 6.78. The van der Waals surface area contributed by atoms with Gasteiger partial charge >= 0.3 is 0 Å². The van der Waals surface area contributed by atoms with Crippen molar-refractivity contribution in [3.8, 4) is 0 Å². The number of aromatic nitrogens is 3. The largest absolute Gasteiger partial charge is 0.399 e. The van der Waals surface area contributed by atoms with Gasteiger partial charge in [-0.25, -0.2) is 4.98 Å². The van der Waals surface area contributed by atoms with Crippen molar-refractivity contribution in [1.29, 1.82) is 0 Å². The number of nitrogens with zero attached hydrogens (tertiary/aromatic N) is 3. The summed E-state index contributed by atoms with van der Waals surface area (Å²) in [6, 6.07) is 17.9. The van der Waals surface area contributed by atoms with E-state index >= 15 is 0 Å². The Morgan fingerprint density at radius 1 is 1.00 bits per heavy atom. The average Bonchev–Trinajstić information content (AvgIpc) is 3.43. The molecule has 0 aliphatic heterocycles. The van der Waals surface area contributed by atoms with Crippen molar-refractivity contribution in [1.82, 2.24) is 20.3 Å². The number of nitrogens with one attached hydrogen (secondary N) is 2. The van der Waals surface area contributed by atoms with Gasteiger partial charge in [0.2, 0.25) is 5.91 Å². The number of carbonyl (C=O) groups is 2. The van der Waals surface area contributed by atoms with E-state index in [9.17, 15) is 9.59 Å². The first-order valence-corrected chi connectivity index (χ1v) is 12.2. The summed E-state index contributed by atoms with van der Waals surface area (Å²) in [5, 5.41) is 3.01. The number of hydrogen-bond donors (Lipinski definition) is 3. The topological polar surface area (TPSA) is 117 Å². The molecule has 0 spiro atoms. The van der Waals surface area contributed by atoms with Crippen LogP contribution in [0.15, 0.2) is 85.6 Å². The Labute approximate surface area is 217 Å². The first-order valence-electron chi connectivity index (χ1n) is 12.2. The van der Waals surface area contributed by atoms with E-state index in [1.807, 2.05) is 48.5 Å². The summed E-state index contributed by atoms with van der Waals surface area (Å²) in [6.07, 6.45) is 6.78. The van der Waals surface area contributed by atoms with Crippen LogP contribution in [0.1, 0.15) is 54.0 Å². The van der Waals surface area contributed by atoms with Crippen LogP contribution in [0.3, 0.4) is 0 Å². The molecule has 2 heterocycles. The molecule has 2 amide bonds. The Morgan fingerprint density at radius 3 is 2.32 bits per heavy atom. The van der Waals surface area contributed by atoms with E-state index in [0.717, 1.165) is 11.1 Å². The molecule has 0 aliphatic rings. The first-order chi connectivity index (χ1) is 17.7. The van der Waals surface area contributed by atoms with E-state index in [1.54, 1.807) is 24.5 Å². The lowest BCUT2D eigenvalue weighted by Gasteiger charge is -2.31. The minimum atomic E-state index is -0.948. The maximum Gasteiger partial charge on any atom is 0.277 e. The summed E-state index contributed by atoms with van der Waals surface area (Å²) in [5.41, 5.74) is 10.1. The molecule has 1 atom stereocenters. The maximum atomic E-state index is 13.8. The fourth-order valence-electron chi connectivity index (χ4n) is 4.07. The van der Waals surface area contributed by atoms with E-state index in [4.69, 9.17) is 5.73 Å². The van der Waals surface area contributed by atoms with Crippen LogP contribution < -0.4 is 16.0 Å². The van der Waals surface area contributed by atoms with Crippen molar-refractivity contribution in [3.63, 3.8) is 0 Å². The number of anilines is 2. The smallest absolute Gasteiger partial charge is 0.277 e. The Kier molecular flexibility index (Phi) is 7.67. The number of hydrogen-bond acceptors (Lipinski definition) is 5. The molecule has 8 heteroatoms. The molecule has 0 aliphatic carbocycles. The molecule has 0 saturated heterocycles. The summed E-state index contributed by atoms with van der Waals surface area (Å²) >= 11 is 0. The second kappa shape index (κ2) is 11.1. The number of benzene rings is 2. The van der Waals surface area contributed by atoms with Crippen LogP contribution in [-0.2, 0) is 16.6 Å². The fraction of sp³-hybridized carbons (Fsp3) is 0.241. The summed E-state index contributed by atoms with van der Waals surface area (Å²) < 4.78 is 0. The zero-order chi connectivity index (χ0) is 26.4. The molecule has 0 radical (unpaired) electrons. The van der Waals surface area contributed by atoms with E-state index in [1.165, 1.54) is 17.4 Å². The summed E-state index contributed by atoms with van der Waals surface area (Å²) in [5.74, 6) is -0.681. The van der Waals surface area contributed by atoms with Gasteiger partial charge in [-0.2, -0.15) is 0 Å². The lowest BCUT2D eigenvalue weighted by atomic mass is 9.87. The third-order valence-electron chi connectivity index (χ3n) is 6.16. The number of imidazole rings is 1. The van der Waals surface area contributed by atoms with Crippen LogP contribution in [0.25, 0.3) is 0 Å². The Hall–Kier alpha value is -4.46. The standard InChI is InChI=1S/C29H32N6O2/c1-29(2,3)22-8-12-24(13-9-22)35(28(37)25-18-32-19-34-25)26(21-5-4-15-31-17-21)27(36)33-16-14-20-6-10-23(30)11-7-20/h4-13,15,17-19,26H,14,16,30H2,1-3H3,(H,32,34)(H,33,36). The van der Waals surface area contributed by atoms with Crippen LogP contribution in [0.2, 0.25) is 0 Å². The number of aromatic amines is 1. The zero-order valence-electron chi connectivity index (χ0n) is 21.3. The molecule has 190 valence electrons. The second-order valence-corrected chi connectivity index (χ2v) is 9.91. The molecule has 4 aromatic rings. The second-order valence-electron chi connectivity index (χ2n) is 9.91. The van der Waals surface area contributed by atoms with Gasteiger partial charge in [-0.15, -0.1) is 0 Å². The average molecular weight is 497 g/mol. The van der Waals surface area contributed by atoms with Gasteiger partial charge < -0.3 is 16.0 Å². The number of carbonyl (C=O) groups excluding carboxylic acids is 2. The highest BCUT2D eigenvalue weighted by atomic mass is 16.2. The van der Waals surface area contributed by atoms with Gasteiger partial charge in [-0.05, 0) is 53.3 Å². The molecule has 1 unspecified atom stereocenters. The number of H-pyrrole nitrogens is 1. The Balaban J connectivity index is 1.69. The van der Waals surface area contributed by atoms with E-state index in [0.29, 0.717) is 29.9 Å². The van der Waals surface area contributed by atoms with Crippen molar-refractivity contribution in [3.05, 3.63) is 108 Å². The molecular formula is C29H32N6O2. The fourth-order valence-corrected chi connectivity index (χ4v) is 4.07. The molecule has 37 heavy (non-hydrogen) atoms. The van der Waals surface area contributed by atoms with Crippen molar-refractivity contribution >= 4 is 23.2 Å². The molecule has 4 rings (SSSR count). The molecule has 8 nitrogen and oxygen atoms in total. The number of amides is 2. The van der Waals surface area contributed by atoms with Gasteiger partial charge in [-0.1, -0.05) is 51.1 Å². The maximum absolute atomic E-state index is 13.8. The highest BCUT2D eigenvalue weighted by Gasteiger charge is 2.34. The number of rotatable bonds is 8. The van der Waals surface area contributed by atoms with E-state index in [-0.39, 0.29) is 22.9 Å². The highest BCUT2D eigenvalue weighted by Crippen LogP contribution is 2.31. The van der Waals surface area contributed by atoms with Crippen molar-refractivity contribution < 1.29 is 9.59 Å². The van der Waals surface area contributed by atoms with Crippen molar-refractivity contribution in [2.45, 2.75) is 38.6 Å². The predicted molar refractivity (Wildman–Crippen MR) is 145 cm³/mol. The van der Waals surface area contributed by atoms with Crippen LogP contribution in [0.5, 0.6) is 0 Å². The lowest BCUT2D eigenvalue weighted by Crippen LogP contribution is -2.44. The monoisotopic (exact) mass is 496 g/mol. The Morgan fingerprint density at radius 2 is 1.73 bits per heavy atom. The van der Waals surface area contributed by atoms with Gasteiger partial charge in [-0.3, -0.25) is 19.5 Å². The normalized spacial score (nSPS) is 12.1. The molecule has 4 N–H and O–H groups in total.